The van der Waals surface area contributed by atoms with Gasteiger partial charge in [0.2, 0.25) is 0 Å². The molecule has 1 aromatic heterocycles. The molecule has 1 heterocycles. The van der Waals surface area contributed by atoms with Gasteiger partial charge in [-0.15, -0.1) is 0 Å². The van der Waals surface area contributed by atoms with Gasteiger partial charge in [0.05, 0.1) is 5.69 Å². The molecule has 0 spiro atoms. The number of rotatable bonds is 9. The molecule has 0 aliphatic carbocycles. The third kappa shape index (κ3) is 6.32. The van der Waals surface area contributed by atoms with Crippen molar-refractivity contribution in [3.05, 3.63) is 72.4 Å². The lowest BCUT2D eigenvalue weighted by Gasteiger charge is -2.19. The summed E-state index contributed by atoms with van der Waals surface area (Å²) in [5, 5.41) is 12.2. The molecule has 178 valence electrons. The van der Waals surface area contributed by atoms with Gasteiger partial charge >= 0.3 is 12.0 Å². The lowest BCUT2D eigenvalue weighted by atomic mass is 10.0. The first-order chi connectivity index (χ1) is 16.3. The van der Waals surface area contributed by atoms with E-state index < -0.39 is 12.1 Å². The van der Waals surface area contributed by atoms with Crippen molar-refractivity contribution in [2.45, 2.75) is 19.4 Å². The van der Waals surface area contributed by atoms with Crippen LogP contribution in [0.15, 0.2) is 66.9 Å². The van der Waals surface area contributed by atoms with Crippen LogP contribution in [0, 0.1) is 0 Å². The molecule has 0 aliphatic rings. The molecule has 0 bridgehead atoms. The van der Waals surface area contributed by atoms with E-state index in [9.17, 15) is 14.7 Å². The van der Waals surface area contributed by atoms with E-state index >= 15 is 0 Å². The fraction of sp³-hybridized carbons (Fsp3) is 0.269. The molecular weight excluding hydrogens is 432 g/mol. The van der Waals surface area contributed by atoms with Gasteiger partial charge in [-0.3, -0.25) is 9.88 Å². The van der Waals surface area contributed by atoms with Gasteiger partial charge in [0, 0.05) is 63.0 Å². The van der Waals surface area contributed by atoms with Crippen LogP contribution in [0.3, 0.4) is 0 Å². The Kier molecular flexibility index (Phi) is 8.21. The molecule has 0 aliphatic heterocycles. The maximum atomic E-state index is 12.8. The van der Waals surface area contributed by atoms with Gasteiger partial charge in [-0.1, -0.05) is 24.3 Å². The smallest absolute Gasteiger partial charge is 0.333 e. The van der Waals surface area contributed by atoms with E-state index in [2.05, 4.69) is 10.3 Å². The first-order valence-electron chi connectivity index (χ1n) is 11.0. The highest BCUT2D eigenvalue weighted by Gasteiger charge is 2.18. The predicted molar refractivity (Wildman–Crippen MR) is 135 cm³/mol. The fourth-order valence-corrected chi connectivity index (χ4v) is 3.40. The third-order valence-corrected chi connectivity index (χ3v) is 5.38. The molecule has 0 saturated heterocycles. The van der Waals surface area contributed by atoms with Crippen LogP contribution in [0.5, 0.6) is 0 Å². The molecule has 0 fully saturated rings. The molecule has 2 N–H and O–H groups in total. The van der Waals surface area contributed by atoms with Gasteiger partial charge in [-0.05, 0) is 48.9 Å². The van der Waals surface area contributed by atoms with Crippen molar-refractivity contribution >= 4 is 29.1 Å². The summed E-state index contributed by atoms with van der Waals surface area (Å²) >= 11 is 0. The van der Waals surface area contributed by atoms with E-state index in [1.54, 1.807) is 26.2 Å². The number of aromatic nitrogens is 1. The number of pyridine rings is 1. The Hall–Kier alpha value is -3.91. The van der Waals surface area contributed by atoms with Crippen molar-refractivity contribution in [1.29, 1.82) is 0 Å². The highest BCUT2D eigenvalue weighted by molar-refractivity contribution is 6.01. The SMILES string of the molecule is CCOC(Cc1ccc(-c2cc(N(C)C(=O)Nc3ccc(N(C)C)cc3)ccn2)cc1)C(=O)O. The number of carbonyl (C=O) groups excluding carboxylic acids is 1. The van der Waals surface area contributed by atoms with Gasteiger partial charge in [-0.25, -0.2) is 9.59 Å². The molecule has 34 heavy (non-hydrogen) atoms. The molecule has 0 saturated carbocycles. The molecule has 1 atom stereocenters. The van der Waals surface area contributed by atoms with Crippen LogP contribution >= 0.6 is 0 Å². The largest absolute Gasteiger partial charge is 0.479 e. The molecule has 8 nitrogen and oxygen atoms in total. The third-order valence-electron chi connectivity index (χ3n) is 5.38. The van der Waals surface area contributed by atoms with Gasteiger partial charge < -0.3 is 20.1 Å². The number of aliphatic carboxylic acids is 1. The van der Waals surface area contributed by atoms with E-state index in [4.69, 9.17) is 4.74 Å². The second-order valence-corrected chi connectivity index (χ2v) is 8.01. The van der Waals surface area contributed by atoms with Gasteiger partial charge in [0.15, 0.2) is 6.10 Å². The summed E-state index contributed by atoms with van der Waals surface area (Å²) in [6.45, 7) is 2.12. The Bertz CT molecular complexity index is 1110. The number of hydrogen-bond donors (Lipinski definition) is 2. The van der Waals surface area contributed by atoms with E-state index in [0.29, 0.717) is 23.7 Å². The summed E-state index contributed by atoms with van der Waals surface area (Å²) in [6, 6.07) is 18.5. The summed E-state index contributed by atoms with van der Waals surface area (Å²) in [5.74, 6) is -0.977. The Morgan fingerprint density at radius 1 is 1.00 bits per heavy atom. The Morgan fingerprint density at radius 3 is 2.26 bits per heavy atom. The van der Waals surface area contributed by atoms with Gasteiger partial charge in [0.25, 0.3) is 0 Å². The zero-order valence-corrected chi connectivity index (χ0v) is 19.9. The van der Waals surface area contributed by atoms with E-state index in [0.717, 1.165) is 16.8 Å². The van der Waals surface area contributed by atoms with Crippen LogP contribution in [0.2, 0.25) is 0 Å². The molecule has 1 unspecified atom stereocenters. The number of ether oxygens (including phenoxy) is 1. The quantitative estimate of drug-likeness (QED) is 0.486. The number of hydrogen-bond acceptors (Lipinski definition) is 5. The van der Waals surface area contributed by atoms with Crippen molar-refractivity contribution in [3.8, 4) is 11.3 Å². The Labute approximate surface area is 199 Å². The van der Waals surface area contributed by atoms with Gasteiger partial charge in [-0.2, -0.15) is 0 Å². The first kappa shape index (κ1) is 24.7. The molecule has 2 aromatic carbocycles. The normalized spacial score (nSPS) is 11.5. The molecular formula is C26H30N4O4. The average molecular weight is 463 g/mol. The number of nitrogens with one attached hydrogen (secondary N) is 1. The second kappa shape index (κ2) is 11.3. The van der Waals surface area contributed by atoms with E-state index in [-0.39, 0.29) is 12.5 Å². The van der Waals surface area contributed by atoms with E-state index in [1.165, 1.54) is 4.90 Å². The maximum absolute atomic E-state index is 12.8. The fourth-order valence-electron chi connectivity index (χ4n) is 3.40. The second-order valence-electron chi connectivity index (χ2n) is 8.01. The van der Waals surface area contributed by atoms with Crippen molar-refractivity contribution in [1.82, 2.24) is 4.98 Å². The molecule has 3 aromatic rings. The number of anilines is 3. The number of benzene rings is 2. The van der Waals surface area contributed by atoms with Crippen molar-refractivity contribution < 1.29 is 19.4 Å². The number of carboxylic acid groups (broad SMARTS) is 1. The lowest BCUT2D eigenvalue weighted by Crippen LogP contribution is -2.31. The lowest BCUT2D eigenvalue weighted by molar-refractivity contribution is -0.149. The zero-order valence-electron chi connectivity index (χ0n) is 19.9. The Balaban J connectivity index is 1.69. The number of carboxylic acids is 1. The van der Waals surface area contributed by atoms with Crippen molar-refractivity contribution in [3.63, 3.8) is 0 Å². The standard InChI is InChI=1S/C26H30N4O4/c1-5-34-24(25(31)32)16-18-6-8-19(9-7-18)23-17-22(14-15-27-23)30(4)26(33)28-20-10-12-21(13-11-20)29(2)3/h6-15,17,24H,5,16H2,1-4H3,(H,28,33)(H,31,32). The van der Waals surface area contributed by atoms with Crippen LogP contribution < -0.4 is 15.1 Å². The van der Waals surface area contributed by atoms with Crippen molar-refractivity contribution in [2.75, 3.05) is 42.9 Å². The topological polar surface area (TPSA) is 95.0 Å². The number of urea groups is 1. The summed E-state index contributed by atoms with van der Waals surface area (Å²) in [6.07, 6.45) is 1.07. The van der Waals surface area contributed by atoms with E-state index in [1.807, 2.05) is 73.6 Å². The number of nitrogens with zero attached hydrogens (tertiary/aromatic N) is 3. The van der Waals surface area contributed by atoms with Crippen LogP contribution in [-0.2, 0) is 16.0 Å². The summed E-state index contributed by atoms with van der Waals surface area (Å²) in [5.41, 5.74) is 4.88. The molecule has 3 rings (SSSR count). The van der Waals surface area contributed by atoms with Crippen molar-refractivity contribution in [2.24, 2.45) is 0 Å². The van der Waals surface area contributed by atoms with Crippen LogP contribution in [0.25, 0.3) is 11.3 Å². The number of carbonyl (C=O) groups is 2. The first-order valence-corrected chi connectivity index (χ1v) is 11.0. The van der Waals surface area contributed by atoms with Crippen LogP contribution in [-0.4, -0.2) is 55.9 Å². The van der Waals surface area contributed by atoms with Crippen LogP contribution in [0.1, 0.15) is 12.5 Å². The molecule has 2 amide bonds. The summed E-state index contributed by atoms with van der Waals surface area (Å²) in [4.78, 5) is 32.0. The molecule has 8 heteroatoms. The average Bonchev–Trinajstić information content (AvgIpc) is 2.84. The number of amides is 2. The predicted octanol–water partition coefficient (Wildman–Crippen LogP) is 4.52. The highest BCUT2D eigenvalue weighted by atomic mass is 16.5. The monoisotopic (exact) mass is 462 g/mol. The van der Waals surface area contributed by atoms with Gasteiger partial charge in [0.1, 0.15) is 0 Å². The maximum Gasteiger partial charge on any atom is 0.333 e. The zero-order chi connectivity index (χ0) is 24.7. The minimum atomic E-state index is -0.977. The minimum Gasteiger partial charge on any atom is -0.479 e. The molecule has 0 radical (unpaired) electrons. The minimum absolute atomic E-state index is 0.263. The summed E-state index contributed by atoms with van der Waals surface area (Å²) in [7, 11) is 5.62. The highest BCUT2D eigenvalue weighted by Crippen LogP contribution is 2.24. The van der Waals surface area contributed by atoms with Crippen LogP contribution in [0.4, 0.5) is 21.9 Å². The Morgan fingerprint density at radius 2 is 1.68 bits per heavy atom. The summed E-state index contributed by atoms with van der Waals surface area (Å²) < 4.78 is 5.29.